The number of nitrogens with two attached hydrogens (primary N) is 1. The van der Waals surface area contributed by atoms with Crippen molar-refractivity contribution in [3.05, 3.63) is 11.9 Å². The summed E-state index contributed by atoms with van der Waals surface area (Å²) >= 11 is 0. The topological polar surface area (TPSA) is 67.1 Å². The van der Waals surface area contributed by atoms with Gasteiger partial charge in [0.25, 0.3) is 0 Å². The van der Waals surface area contributed by atoms with Crippen LogP contribution in [0.25, 0.3) is 0 Å². The molecular weight excluding hydrogens is 238 g/mol. The number of aromatic nitrogens is 2. The predicted molar refractivity (Wildman–Crippen MR) is 76.9 cm³/mol. The van der Waals surface area contributed by atoms with Crippen molar-refractivity contribution in [1.82, 2.24) is 9.97 Å². The SMILES string of the molecule is Cc1c(NN)ncnc1N1CCC2(CCCC2)CC1. The van der Waals surface area contributed by atoms with Crippen molar-refractivity contribution < 1.29 is 0 Å². The van der Waals surface area contributed by atoms with Crippen LogP contribution in [0.15, 0.2) is 6.33 Å². The fraction of sp³-hybridized carbons (Fsp3) is 0.714. The Labute approximate surface area is 114 Å². The first-order valence-corrected chi connectivity index (χ1v) is 7.27. The highest BCUT2D eigenvalue weighted by atomic mass is 15.3. The van der Waals surface area contributed by atoms with Crippen LogP contribution in [0.3, 0.4) is 0 Å². The molecule has 5 heteroatoms. The average Bonchev–Trinajstić information content (AvgIpc) is 2.89. The summed E-state index contributed by atoms with van der Waals surface area (Å²) in [6.07, 6.45) is 9.92. The first kappa shape index (κ1) is 12.7. The van der Waals surface area contributed by atoms with Crippen LogP contribution in [-0.4, -0.2) is 23.1 Å². The Morgan fingerprint density at radius 1 is 1.16 bits per heavy atom. The molecule has 1 spiro atoms. The summed E-state index contributed by atoms with van der Waals surface area (Å²) in [4.78, 5) is 11.0. The van der Waals surface area contributed by atoms with Gasteiger partial charge < -0.3 is 10.3 Å². The van der Waals surface area contributed by atoms with Gasteiger partial charge in [0.2, 0.25) is 0 Å². The average molecular weight is 261 g/mol. The Balaban J connectivity index is 1.74. The van der Waals surface area contributed by atoms with Crippen LogP contribution < -0.4 is 16.2 Å². The second-order valence-electron chi connectivity index (χ2n) is 6.01. The molecule has 0 unspecified atom stereocenters. The second kappa shape index (κ2) is 4.96. The summed E-state index contributed by atoms with van der Waals surface area (Å²) in [5.41, 5.74) is 4.34. The third-order valence-electron chi connectivity index (χ3n) is 4.98. The Morgan fingerprint density at radius 2 is 1.84 bits per heavy atom. The molecular formula is C14H23N5. The third kappa shape index (κ3) is 2.27. The molecule has 0 atom stereocenters. The number of nitrogen functional groups attached to an aromatic ring is 1. The lowest BCUT2D eigenvalue weighted by Gasteiger charge is -2.40. The van der Waals surface area contributed by atoms with Crippen LogP contribution in [0.2, 0.25) is 0 Å². The molecule has 104 valence electrons. The normalized spacial score (nSPS) is 21.9. The van der Waals surface area contributed by atoms with E-state index in [4.69, 9.17) is 5.84 Å². The van der Waals surface area contributed by atoms with Gasteiger partial charge in [0.15, 0.2) is 0 Å². The zero-order valence-electron chi connectivity index (χ0n) is 11.7. The quantitative estimate of drug-likeness (QED) is 0.631. The lowest BCUT2D eigenvalue weighted by Crippen LogP contribution is -2.39. The molecule has 0 radical (unpaired) electrons. The number of hydrogen-bond donors (Lipinski definition) is 2. The number of nitrogens with one attached hydrogen (secondary N) is 1. The van der Waals surface area contributed by atoms with Crippen molar-refractivity contribution in [3.8, 4) is 0 Å². The van der Waals surface area contributed by atoms with Crippen LogP contribution >= 0.6 is 0 Å². The maximum absolute atomic E-state index is 5.48. The maximum atomic E-state index is 5.48. The van der Waals surface area contributed by atoms with E-state index in [-0.39, 0.29) is 0 Å². The largest absolute Gasteiger partial charge is 0.356 e. The van der Waals surface area contributed by atoms with E-state index in [1.807, 2.05) is 6.92 Å². The van der Waals surface area contributed by atoms with Gasteiger partial charge in [-0.15, -0.1) is 0 Å². The number of piperidine rings is 1. The molecule has 1 aromatic heterocycles. The molecule has 0 amide bonds. The molecule has 1 aliphatic heterocycles. The van der Waals surface area contributed by atoms with E-state index in [1.54, 1.807) is 6.33 Å². The number of anilines is 2. The lowest BCUT2D eigenvalue weighted by molar-refractivity contribution is 0.226. The summed E-state index contributed by atoms with van der Waals surface area (Å²) in [5.74, 6) is 7.25. The molecule has 3 rings (SSSR count). The van der Waals surface area contributed by atoms with Crippen molar-refractivity contribution in [1.29, 1.82) is 0 Å². The standard InChI is InChI=1S/C14H23N5/c1-11-12(18-15)16-10-17-13(11)19-8-6-14(7-9-19)4-2-3-5-14/h10H,2-9,15H2,1H3,(H,16,17,18). The van der Waals surface area contributed by atoms with Crippen LogP contribution in [0, 0.1) is 12.3 Å². The fourth-order valence-corrected chi connectivity index (χ4v) is 3.72. The molecule has 0 aromatic carbocycles. The van der Waals surface area contributed by atoms with Gasteiger partial charge >= 0.3 is 0 Å². The first-order chi connectivity index (χ1) is 9.24. The Hall–Kier alpha value is -1.36. The van der Waals surface area contributed by atoms with E-state index in [1.165, 1.54) is 38.5 Å². The molecule has 1 aromatic rings. The van der Waals surface area contributed by atoms with Gasteiger partial charge in [0.05, 0.1) is 0 Å². The van der Waals surface area contributed by atoms with Gasteiger partial charge in [0.1, 0.15) is 18.0 Å². The van der Waals surface area contributed by atoms with Gasteiger partial charge in [-0.05, 0) is 38.0 Å². The molecule has 1 aliphatic carbocycles. The van der Waals surface area contributed by atoms with Gasteiger partial charge in [-0.1, -0.05) is 12.8 Å². The fourth-order valence-electron chi connectivity index (χ4n) is 3.72. The summed E-state index contributed by atoms with van der Waals surface area (Å²) in [5, 5.41) is 0. The van der Waals surface area contributed by atoms with E-state index in [0.29, 0.717) is 5.41 Å². The third-order valence-corrected chi connectivity index (χ3v) is 4.98. The molecule has 0 bridgehead atoms. The molecule has 5 nitrogen and oxygen atoms in total. The van der Waals surface area contributed by atoms with Gasteiger partial charge in [0, 0.05) is 18.7 Å². The van der Waals surface area contributed by atoms with Crippen LogP contribution in [-0.2, 0) is 0 Å². The molecule has 2 heterocycles. The van der Waals surface area contributed by atoms with Crippen molar-refractivity contribution in [3.63, 3.8) is 0 Å². The molecule has 1 saturated carbocycles. The van der Waals surface area contributed by atoms with E-state index in [9.17, 15) is 0 Å². The Bertz CT molecular complexity index is 443. The lowest BCUT2D eigenvalue weighted by atomic mass is 9.77. The highest BCUT2D eigenvalue weighted by Gasteiger charge is 2.37. The predicted octanol–water partition coefficient (Wildman–Crippen LogP) is 2.23. The zero-order valence-corrected chi connectivity index (χ0v) is 11.7. The highest BCUT2D eigenvalue weighted by Crippen LogP contribution is 2.46. The van der Waals surface area contributed by atoms with Gasteiger partial charge in [-0.25, -0.2) is 15.8 Å². The second-order valence-corrected chi connectivity index (χ2v) is 6.01. The summed E-state index contributed by atoms with van der Waals surface area (Å²) in [6.45, 7) is 4.26. The van der Waals surface area contributed by atoms with Crippen LogP contribution in [0.4, 0.5) is 11.6 Å². The van der Waals surface area contributed by atoms with E-state index >= 15 is 0 Å². The minimum Gasteiger partial charge on any atom is -0.356 e. The van der Waals surface area contributed by atoms with Crippen molar-refractivity contribution >= 4 is 11.6 Å². The van der Waals surface area contributed by atoms with Gasteiger partial charge in [-0.2, -0.15) is 0 Å². The van der Waals surface area contributed by atoms with Crippen LogP contribution in [0.1, 0.15) is 44.1 Å². The van der Waals surface area contributed by atoms with E-state index in [2.05, 4.69) is 20.3 Å². The van der Waals surface area contributed by atoms with E-state index in [0.717, 1.165) is 30.3 Å². The number of hydrazine groups is 1. The number of rotatable bonds is 2. The number of nitrogens with zero attached hydrogens (tertiary/aromatic N) is 3. The molecule has 3 N–H and O–H groups in total. The summed E-state index contributed by atoms with van der Waals surface area (Å²) in [6, 6.07) is 0. The monoisotopic (exact) mass is 261 g/mol. The molecule has 1 saturated heterocycles. The zero-order chi connectivity index (χ0) is 13.3. The molecule has 2 fully saturated rings. The van der Waals surface area contributed by atoms with Crippen molar-refractivity contribution in [2.45, 2.75) is 45.4 Å². The minimum absolute atomic E-state index is 0.645. The van der Waals surface area contributed by atoms with Crippen molar-refractivity contribution in [2.75, 3.05) is 23.4 Å². The summed E-state index contributed by atoms with van der Waals surface area (Å²) in [7, 11) is 0. The van der Waals surface area contributed by atoms with Crippen LogP contribution in [0.5, 0.6) is 0 Å². The highest BCUT2D eigenvalue weighted by molar-refractivity contribution is 5.57. The van der Waals surface area contributed by atoms with Crippen molar-refractivity contribution in [2.24, 2.45) is 11.3 Å². The first-order valence-electron chi connectivity index (χ1n) is 7.27. The summed E-state index contributed by atoms with van der Waals surface area (Å²) < 4.78 is 0. The maximum Gasteiger partial charge on any atom is 0.148 e. The Kier molecular flexibility index (Phi) is 3.31. The number of hydrogen-bond acceptors (Lipinski definition) is 5. The minimum atomic E-state index is 0.645. The Morgan fingerprint density at radius 3 is 2.47 bits per heavy atom. The van der Waals surface area contributed by atoms with E-state index < -0.39 is 0 Å². The molecule has 2 aliphatic rings. The van der Waals surface area contributed by atoms with Gasteiger partial charge in [-0.3, -0.25) is 0 Å². The molecule has 19 heavy (non-hydrogen) atoms. The smallest absolute Gasteiger partial charge is 0.148 e.